The maximum Gasteiger partial charge on any atom is 0.331 e. The zero-order valence-corrected chi connectivity index (χ0v) is 18.4. The predicted molar refractivity (Wildman–Crippen MR) is 130 cm³/mol. The standard InChI is InChI=1S/C25H21N7O2/c1-34-23(33)25(10-11-25)32-22-20-21(28-14-27-20)30-24(31-22)29-16-7-8-19-18(13-16)17(9-12-26-19)15-5-3-2-4-6-15/h2-9,12-14H,10-11H2,1H3,(H3,27,28,29,30,31,32). The van der Waals surface area contributed by atoms with Gasteiger partial charge in [-0.25, -0.2) is 9.78 Å². The minimum Gasteiger partial charge on any atom is -0.467 e. The summed E-state index contributed by atoms with van der Waals surface area (Å²) < 4.78 is 4.96. The van der Waals surface area contributed by atoms with Gasteiger partial charge in [0.05, 0.1) is 19.0 Å². The second kappa shape index (κ2) is 7.80. The van der Waals surface area contributed by atoms with E-state index in [-0.39, 0.29) is 5.97 Å². The first kappa shape index (κ1) is 20.1. The van der Waals surface area contributed by atoms with Crippen LogP contribution in [-0.2, 0) is 9.53 Å². The number of hydrogen-bond donors (Lipinski definition) is 3. The van der Waals surface area contributed by atoms with Gasteiger partial charge in [-0.05, 0) is 48.2 Å². The van der Waals surface area contributed by atoms with Crippen LogP contribution in [0, 0.1) is 0 Å². The van der Waals surface area contributed by atoms with Gasteiger partial charge in [-0.15, -0.1) is 0 Å². The van der Waals surface area contributed by atoms with Gasteiger partial charge < -0.3 is 20.4 Å². The molecule has 168 valence electrons. The molecule has 0 atom stereocenters. The predicted octanol–water partition coefficient (Wildman–Crippen LogP) is 4.43. The molecule has 9 heteroatoms. The largest absolute Gasteiger partial charge is 0.467 e. The number of nitrogens with one attached hydrogen (secondary N) is 3. The number of H-pyrrole nitrogens is 1. The summed E-state index contributed by atoms with van der Waals surface area (Å²) in [5.74, 6) is 0.549. The highest BCUT2D eigenvalue weighted by atomic mass is 16.5. The Morgan fingerprint density at radius 3 is 2.71 bits per heavy atom. The third-order valence-corrected chi connectivity index (χ3v) is 6.05. The Balaban J connectivity index is 1.38. The van der Waals surface area contributed by atoms with E-state index in [4.69, 9.17) is 4.74 Å². The van der Waals surface area contributed by atoms with E-state index in [1.165, 1.54) is 7.11 Å². The molecule has 0 aliphatic heterocycles. The minimum absolute atomic E-state index is 0.306. The molecular weight excluding hydrogens is 430 g/mol. The number of imidazole rings is 1. The highest BCUT2D eigenvalue weighted by Crippen LogP contribution is 2.41. The summed E-state index contributed by atoms with van der Waals surface area (Å²) >= 11 is 0. The first-order valence-electron chi connectivity index (χ1n) is 10.9. The number of fused-ring (bicyclic) bond motifs is 2. The third-order valence-electron chi connectivity index (χ3n) is 6.05. The lowest BCUT2D eigenvalue weighted by Gasteiger charge is -2.16. The number of benzene rings is 2. The van der Waals surface area contributed by atoms with E-state index in [9.17, 15) is 4.79 Å². The molecule has 9 nitrogen and oxygen atoms in total. The molecule has 0 amide bonds. The molecular formula is C25H21N7O2. The lowest BCUT2D eigenvalue weighted by atomic mass is 10.0. The van der Waals surface area contributed by atoms with Crippen LogP contribution in [0.4, 0.5) is 17.5 Å². The zero-order chi connectivity index (χ0) is 23.1. The van der Waals surface area contributed by atoms with E-state index in [1.54, 1.807) is 6.33 Å². The van der Waals surface area contributed by atoms with Crippen LogP contribution in [0.1, 0.15) is 12.8 Å². The van der Waals surface area contributed by atoms with Crippen LogP contribution in [0.3, 0.4) is 0 Å². The average molecular weight is 451 g/mol. The Kier molecular flexibility index (Phi) is 4.61. The Morgan fingerprint density at radius 1 is 1.06 bits per heavy atom. The maximum atomic E-state index is 12.2. The summed E-state index contributed by atoms with van der Waals surface area (Å²) in [6.45, 7) is 0. The molecule has 0 radical (unpaired) electrons. The molecule has 5 aromatic rings. The highest BCUT2D eigenvalue weighted by molar-refractivity contribution is 5.97. The Morgan fingerprint density at radius 2 is 1.91 bits per heavy atom. The van der Waals surface area contributed by atoms with Crippen LogP contribution < -0.4 is 10.6 Å². The van der Waals surface area contributed by atoms with Crippen LogP contribution in [0.15, 0.2) is 67.1 Å². The topological polar surface area (TPSA) is 118 Å². The second-order valence-electron chi connectivity index (χ2n) is 8.28. The monoisotopic (exact) mass is 451 g/mol. The van der Waals surface area contributed by atoms with Crippen molar-refractivity contribution in [2.75, 3.05) is 17.7 Å². The Bertz CT molecular complexity index is 1530. The van der Waals surface area contributed by atoms with Gasteiger partial charge >= 0.3 is 5.97 Å². The highest BCUT2D eigenvalue weighted by Gasteiger charge is 2.52. The quantitative estimate of drug-likeness (QED) is 0.325. The fraction of sp³-hybridized carbons (Fsp3) is 0.160. The molecule has 1 saturated carbocycles. The smallest absolute Gasteiger partial charge is 0.331 e. The van der Waals surface area contributed by atoms with E-state index in [0.29, 0.717) is 35.8 Å². The number of rotatable bonds is 6. The van der Waals surface area contributed by atoms with E-state index in [1.807, 2.05) is 48.7 Å². The van der Waals surface area contributed by atoms with Crippen molar-refractivity contribution in [1.82, 2.24) is 24.9 Å². The lowest BCUT2D eigenvalue weighted by Crippen LogP contribution is -2.33. The fourth-order valence-corrected chi connectivity index (χ4v) is 4.13. The van der Waals surface area contributed by atoms with Gasteiger partial charge in [-0.2, -0.15) is 9.97 Å². The van der Waals surface area contributed by atoms with Gasteiger partial charge in [-0.1, -0.05) is 30.3 Å². The van der Waals surface area contributed by atoms with Gasteiger partial charge in [0.25, 0.3) is 0 Å². The molecule has 0 bridgehead atoms. The molecule has 3 N–H and O–H groups in total. The molecule has 34 heavy (non-hydrogen) atoms. The second-order valence-corrected chi connectivity index (χ2v) is 8.28. The van der Waals surface area contributed by atoms with E-state index < -0.39 is 5.54 Å². The number of methoxy groups -OCH3 is 1. The van der Waals surface area contributed by atoms with E-state index in [0.717, 1.165) is 27.7 Å². The summed E-state index contributed by atoms with van der Waals surface area (Å²) in [7, 11) is 1.39. The van der Waals surface area contributed by atoms with Crippen LogP contribution >= 0.6 is 0 Å². The normalized spacial score (nSPS) is 14.1. The number of anilines is 3. The summed E-state index contributed by atoms with van der Waals surface area (Å²) in [6.07, 6.45) is 4.73. The first-order valence-corrected chi connectivity index (χ1v) is 10.9. The van der Waals surface area contributed by atoms with Gasteiger partial charge in [0, 0.05) is 17.3 Å². The molecule has 0 saturated heterocycles. The van der Waals surface area contributed by atoms with Crippen molar-refractivity contribution in [3.63, 3.8) is 0 Å². The van der Waals surface area contributed by atoms with Crippen LogP contribution in [0.2, 0.25) is 0 Å². The Hall–Kier alpha value is -4.53. The van der Waals surface area contributed by atoms with Gasteiger partial charge in [-0.3, -0.25) is 4.98 Å². The molecule has 0 spiro atoms. The summed E-state index contributed by atoms with van der Waals surface area (Å²) in [6, 6.07) is 18.2. The summed E-state index contributed by atoms with van der Waals surface area (Å²) in [5.41, 5.74) is 4.29. The van der Waals surface area contributed by atoms with Crippen molar-refractivity contribution in [1.29, 1.82) is 0 Å². The van der Waals surface area contributed by atoms with Crippen molar-refractivity contribution < 1.29 is 9.53 Å². The van der Waals surface area contributed by atoms with Crippen LogP contribution in [0.5, 0.6) is 0 Å². The molecule has 3 heterocycles. The van der Waals surface area contributed by atoms with Crippen molar-refractivity contribution in [2.45, 2.75) is 18.4 Å². The van der Waals surface area contributed by atoms with Crippen molar-refractivity contribution in [3.05, 3.63) is 67.1 Å². The van der Waals surface area contributed by atoms with Crippen LogP contribution in [0.25, 0.3) is 33.2 Å². The molecule has 2 aromatic carbocycles. The number of aromatic amines is 1. The van der Waals surface area contributed by atoms with Gasteiger partial charge in [0.2, 0.25) is 5.95 Å². The number of nitrogens with zero attached hydrogens (tertiary/aromatic N) is 4. The van der Waals surface area contributed by atoms with Crippen molar-refractivity contribution in [3.8, 4) is 11.1 Å². The van der Waals surface area contributed by atoms with Crippen LogP contribution in [-0.4, -0.2) is 43.5 Å². The number of ether oxygens (including phenoxy) is 1. The summed E-state index contributed by atoms with van der Waals surface area (Å²) in [5, 5.41) is 7.55. The zero-order valence-electron chi connectivity index (χ0n) is 18.4. The minimum atomic E-state index is -0.758. The molecule has 1 fully saturated rings. The molecule has 3 aromatic heterocycles. The Labute approximate surface area is 194 Å². The van der Waals surface area contributed by atoms with Gasteiger partial charge in [0.1, 0.15) is 11.1 Å². The fourth-order valence-electron chi connectivity index (χ4n) is 4.13. The number of pyridine rings is 1. The maximum absolute atomic E-state index is 12.2. The number of aromatic nitrogens is 5. The summed E-state index contributed by atoms with van der Waals surface area (Å²) in [4.78, 5) is 33.3. The first-order chi connectivity index (χ1) is 16.6. The number of carbonyl (C=O) groups is 1. The molecule has 1 aliphatic carbocycles. The SMILES string of the molecule is COC(=O)C1(Nc2nc(Nc3ccc4nccc(-c5ccccc5)c4c3)nc3[nH]cnc23)CC1. The average Bonchev–Trinajstić information content (AvgIpc) is 3.50. The number of esters is 1. The number of hydrogen-bond acceptors (Lipinski definition) is 8. The lowest BCUT2D eigenvalue weighted by molar-refractivity contribution is -0.142. The van der Waals surface area contributed by atoms with E-state index in [2.05, 4.69) is 47.7 Å². The molecule has 6 rings (SSSR count). The molecule has 0 unspecified atom stereocenters. The third kappa shape index (κ3) is 3.47. The van der Waals surface area contributed by atoms with E-state index >= 15 is 0 Å². The van der Waals surface area contributed by atoms with Gasteiger partial charge in [0.15, 0.2) is 11.5 Å². The number of carbonyl (C=O) groups excluding carboxylic acids is 1. The molecule has 1 aliphatic rings. The van der Waals surface area contributed by atoms with Crippen molar-refractivity contribution >= 4 is 45.5 Å². The van der Waals surface area contributed by atoms with Crippen molar-refractivity contribution in [2.24, 2.45) is 0 Å².